The van der Waals surface area contributed by atoms with Gasteiger partial charge in [0, 0.05) is 5.56 Å². The van der Waals surface area contributed by atoms with Gasteiger partial charge in [-0.15, -0.1) is 11.8 Å². The van der Waals surface area contributed by atoms with E-state index in [1.165, 1.54) is 11.1 Å². The summed E-state index contributed by atoms with van der Waals surface area (Å²) in [6.07, 6.45) is 2.43. The number of thioether (sulfide) groups is 1. The Hall–Kier alpha value is -2.99. The summed E-state index contributed by atoms with van der Waals surface area (Å²) in [7, 11) is 0. The van der Waals surface area contributed by atoms with Crippen LogP contribution in [0.15, 0.2) is 65.3 Å². The molecule has 1 aliphatic heterocycles. The molecule has 0 aliphatic carbocycles. The molecule has 2 amide bonds. The fourth-order valence-corrected chi connectivity index (χ4v) is 5.10. The number of hydrogen-bond donors (Lipinski definition) is 1. The Morgan fingerprint density at radius 1 is 1.16 bits per heavy atom. The maximum Gasteiger partial charge on any atom is 0.251 e. The van der Waals surface area contributed by atoms with Crippen molar-refractivity contribution >= 4 is 23.6 Å². The van der Waals surface area contributed by atoms with Gasteiger partial charge in [-0.25, -0.2) is 0 Å². The predicted molar refractivity (Wildman–Crippen MR) is 127 cm³/mol. The van der Waals surface area contributed by atoms with Gasteiger partial charge in [0.25, 0.3) is 5.91 Å². The zero-order chi connectivity index (χ0) is 22.7. The van der Waals surface area contributed by atoms with Crippen LogP contribution in [0, 0.1) is 13.8 Å². The van der Waals surface area contributed by atoms with Crippen molar-refractivity contribution in [3.05, 3.63) is 94.4 Å². The van der Waals surface area contributed by atoms with Crippen molar-refractivity contribution in [2.75, 3.05) is 5.75 Å². The number of nitrogens with one attached hydrogen (secondary N) is 1. The van der Waals surface area contributed by atoms with Gasteiger partial charge in [0.15, 0.2) is 0 Å². The normalized spacial score (nSPS) is 16.9. The van der Waals surface area contributed by atoms with Gasteiger partial charge in [-0.1, -0.05) is 37.3 Å². The van der Waals surface area contributed by atoms with E-state index in [9.17, 15) is 9.59 Å². The molecule has 3 aromatic rings. The first kappa shape index (κ1) is 22.2. The average molecular weight is 449 g/mol. The second-order valence-corrected chi connectivity index (χ2v) is 9.23. The van der Waals surface area contributed by atoms with Gasteiger partial charge in [-0.05, 0) is 66.8 Å². The van der Waals surface area contributed by atoms with Crippen LogP contribution in [0.25, 0.3) is 0 Å². The third kappa shape index (κ3) is 4.75. The second-order valence-electron chi connectivity index (χ2n) is 8.16. The lowest BCUT2D eigenvalue weighted by Crippen LogP contribution is -2.29. The van der Waals surface area contributed by atoms with E-state index in [0.717, 1.165) is 23.3 Å². The number of benzene rings is 2. The molecule has 0 saturated carbocycles. The highest BCUT2D eigenvalue weighted by Crippen LogP contribution is 2.39. The van der Waals surface area contributed by atoms with Gasteiger partial charge in [0.05, 0.1) is 24.6 Å². The minimum Gasteiger partial charge on any atom is -0.467 e. The maximum atomic E-state index is 12.9. The molecule has 2 heterocycles. The fraction of sp³-hybridized carbons (Fsp3) is 0.308. The third-order valence-corrected chi connectivity index (χ3v) is 7.24. The van der Waals surface area contributed by atoms with Crippen LogP contribution in [0.5, 0.6) is 0 Å². The molecule has 0 radical (unpaired) electrons. The smallest absolute Gasteiger partial charge is 0.251 e. The van der Waals surface area contributed by atoms with Crippen LogP contribution in [0.4, 0.5) is 0 Å². The zero-order valence-electron chi connectivity index (χ0n) is 18.6. The molecule has 1 saturated heterocycles. The van der Waals surface area contributed by atoms with Crippen molar-refractivity contribution in [2.45, 2.75) is 45.2 Å². The van der Waals surface area contributed by atoms with Gasteiger partial charge in [-0.3, -0.25) is 9.59 Å². The average Bonchev–Trinajstić information content (AvgIpc) is 3.44. The summed E-state index contributed by atoms with van der Waals surface area (Å²) in [6.45, 7) is 6.70. The zero-order valence-corrected chi connectivity index (χ0v) is 19.4. The standard InChI is InChI=1S/C26H28N2O3S/c1-4-23(21-8-7-17(2)18(3)14-21)27-25(30)19-9-11-20(12-10-19)26-28(24(29)16-32-26)15-22-6-5-13-31-22/h5-14,23,26H,4,15-16H2,1-3H3,(H,27,30)/t23-,26+/m1/s1. The summed E-state index contributed by atoms with van der Waals surface area (Å²) < 4.78 is 5.42. The number of carbonyl (C=O) groups excluding carboxylic acids is 2. The molecule has 5 nitrogen and oxygen atoms in total. The van der Waals surface area contributed by atoms with Gasteiger partial charge >= 0.3 is 0 Å². The highest BCUT2D eigenvalue weighted by Gasteiger charge is 2.33. The number of hydrogen-bond acceptors (Lipinski definition) is 4. The van der Waals surface area contributed by atoms with Crippen LogP contribution in [-0.2, 0) is 11.3 Å². The lowest BCUT2D eigenvalue weighted by Gasteiger charge is -2.23. The van der Waals surface area contributed by atoms with Crippen LogP contribution in [0.2, 0.25) is 0 Å². The van der Waals surface area contributed by atoms with Crippen LogP contribution >= 0.6 is 11.8 Å². The quantitative estimate of drug-likeness (QED) is 0.515. The van der Waals surface area contributed by atoms with Gasteiger partial charge in [0.2, 0.25) is 5.91 Å². The first-order chi connectivity index (χ1) is 15.5. The van der Waals surface area contributed by atoms with E-state index in [1.54, 1.807) is 18.0 Å². The fourth-order valence-electron chi connectivity index (χ4n) is 3.91. The highest BCUT2D eigenvalue weighted by molar-refractivity contribution is 8.00. The molecule has 4 rings (SSSR count). The van der Waals surface area contributed by atoms with Crippen molar-refractivity contribution < 1.29 is 14.0 Å². The van der Waals surface area contributed by atoms with Crippen LogP contribution in [0.1, 0.15) is 63.1 Å². The van der Waals surface area contributed by atoms with Crippen molar-refractivity contribution in [1.29, 1.82) is 0 Å². The van der Waals surface area contributed by atoms with E-state index in [4.69, 9.17) is 4.42 Å². The van der Waals surface area contributed by atoms with E-state index in [2.05, 4.69) is 44.3 Å². The largest absolute Gasteiger partial charge is 0.467 e. The molecule has 1 N–H and O–H groups in total. The van der Waals surface area contributed by atoms with E-state index in [0.29, 0.717) is 17.9 Å². The Bertz CT molecular complexity index is 1090. The molecule has 1 aliphatic rings. The number of amides is 2. The molecule has 32 heavy (non-hydrogen) atoms. The summed E-state index contributed by atoms with van der Waals surface area (Å²) in [5, 5.41) is 3.08. The van der Waals surface area contributed by atoms with Gasteiger partial charge in [-0.2, -0.15) is 0 Å². The topological polar surface area (TPSA) is 62.6 Å². The van der Waals surface area contributed by atoms with Crippen molar-refractivity contribution in [3.63, 3.8) is 0 Å². The number of furan rings is 1. The first-order valence-electron chi connectivity index (χ1n) is 10.9. The summed E-state index contributed by atoms with van der Waals surface area (Å²) in [6, 6.07) is 17.6. The summed E-state index contributed by atoms with van der Waals surface area (Å²) in [4.78, 5) is 27.1. The number of rotatable bonds is 7. The molecule has 1 fully saturated rings. The highest BCUT2D eigenvalue weighted by atomic mass is 32.2. The Morgan fingerprint density at radius 3 is 2.59 bits per heavy atom. The Morgan fingerprint density at radius 2 is 1.94 bits per heavy atom. The maximum absolute atomic E-state index is 12.9. The van der Waals surface area contributed by atoms with E-state index in [1.807, 2.05) is 41.3 Å². The number of aryl methyl sites for hydroxylation is 2. The van der Waals surface area contributed by atoms with Crippen LogP contribution < -0.4 is 5.32 Å². The summed E-state index contributed by atoms with van der Waals surface area (Å²) in [5.74, 6) is 1.21. The SMILES string of the molecule is CC[C@@H](NC(=O)c1ccc([C@@H]2SCC(=O)N2Cc2ccco2)cc1)c1ccc(C)c(C)c1. The lowest BCUT2D eigenvalue weighted by molar-refractivity contribution is -0.128. The minimum atomic E-state index is -0.0933. The molecule has 166 valence electrons. The lowest BCUT2D eigenvalue weighted by atomic mass is 9.99. The Balaban J connectivity index is 1.46. The molecule has 6 heteroatoms. The molecule has 0 unspecified atom stereocenters. The molecule has 2 aromatic carbocycles. The van der Waals surface area contributed by atoms with Crippen LogP contribution in [-0.4, -0.2) is 22.5 Å². The summed E-state index contributed by atoms with van der Waals surface area (Å²) >= 11 is 1.60. The predicted octanol–water partition coefficient (Wildman–Crippen LogP) is 5.55. The number of carbonyl (C=O) groups is 2. The summed E-state index contributed by atoms with van der Waals surface area (Å²) in [5.41, 5.74) is 5.21. The first-order valence-corrected chi connectivity index (χ1v) is 11.9. The van der Waals surface area contributed by atoms with Gasteiger partial charge < -0.3 is 14.6 Å². The van der Waals surface area contributed by atoms with E-state index >= 15 is 0 Å². The molecular weight excluding hydrogens is 420 g/mol. The molecule has 2 atom stereocenters. The molecule has 1 aromatic heterocycles. The Kier molecular flexibility index (Phi) is 6.70. The molecule has 0 bridgehead atoms. The van der Waals surface area contributed by atoms with Crippen molar-refractivity contribution in [2.24, 2.45) is 0 Å². The van der Waals surface area contributed by atoms with Crippen molar-refractivity contribution in [3.8, 4) is 0 Å². The third-order valence-electron chi connectivity index (χ3n) is 5.98. The van der Waals surface area contributed by atoms with E-state index < -0.39 is 0 Å². The van der Waals surface area contributed by atoms with Crippen molar-refractivity contribution in [1.82, 2.24) is 10.2 Å². The minimum absolute atomic E-state index is 0.0340. The van der Waals surface area contributed by atoms with E-state index in [-0.39, 0.29) is 23.2 Å². The van der Waals surface area contributed by atoms with Crippen LogP contribution in [0.3, 0.4) is 0 Å². The Labute approximate surface area is 193 Å². The number of nitrogens with zero attached hydrogens (tertiary/aromatic N) is 1. The molecular formula is C26H28N2O3S. The monoisotopic (exact) mass is 448 g/mol. The molecule has 0 spiro atoms. The second kappa shape index (κ2) is 9.65. The van der Waals surface area contributed by atoms with Gasteiger partial charge in [0.1, 0.15) is 11.1 Å².